The molecule has 2 aromatic rings. The summed E-state index contributed by atoms with van der Waals surface area (Å²) in [7, 11) is 0. The van der Waals surface area contributed by atoms with Crippen LogP contribution in [0.15, 0.2) is 36.5 Å². The molecule has 1 heterocycles. The van der Waals surface area contributed by atoms with Crippen LogP contribution in [-0.4, -0.2) is 17.0 Å². The van der Waals surface area contributed by atoms with E-state index in [4.69, 9.17) is 0 Å². The van der Waals surface area contributed by atoms with Gasteiger partial charge in [0, 0.05) is 30.7 Å². The molecule has 1 saturated carbocycles. The second-order valence-corrected chi connectivity index (χ2v) is 7.69. The SMILES string of the molecule is CC1CCCC(C)(C)C1C(=O)NCCn1ccc2ccccc21. The molecule has 0 bridgehead atoms. The zero-order chi connectivity index (χ0) is 16.4. The van der Waals surface area contributed by atoms with Crippen molar-refractivity contribution in [3.05, 3.63) is 36.5 Å². The number of para-hydroxylation sites is 1. The van der Waals surface area contributed by atoms with E-state index in [1.807, 2.05) is 0 Å². The molecule has 1 N–H and O–H groups in total. The van der Waals surface area contributed by atoms with Crippen molar-refractivity contribution in [2.75, 3.05) is 6.54 Å². The van der Waals surface area contributed by atoms with E-state index in [9.17, 15) is 4.79 Å². The van der Waals surface area contributed by atoms with Crippen molar-refractivity contribution >= 4 is 16.8 Å². The van der Waals surface area contributed by atoms with Gasteiger partial charge in [0.05, 0.1) is 0 Å². The predicted molar refractivity (Wildman–Crippen MR) is 95.2 cm³/mol. The Balaban J connectivity index is 1.61. The third-order valence-electron chi connectivity index (χ3n) is 5.51. The third-order valence-corrected chi connectivity index (χ3v) is 5.51. The highest BCUT2D eigenvalue weighted by atomic mass is 16.1. The Labute approximate surface area is 139 Å². The number of hydrogen-bond acceptors (Lipinski definition) is 1. The Morgan fingerprint density at radius 3 is 2.87 bits per heavy atom. The van der Waals surface area contributed by atoms with Crippen molar-refractivity contribution in [1.82, 2.24) is 9.88 Å². The standard InChI is InChI=1S/C20H28N2O/c1-15-7-6-11-20(2,3)18(15)19(23)21-12-14-22-13-10-16-8-4-5-9-17(16)22/h4-5,8-10,13,15,18H,6-7,11-12,14H2,1-3H3,(H,21,23). The molecule has 3 rings (SSSR count). The van der Waals surface area contributed by atoms with Crippen molar-refractivity contribution in [1.29, 1.82) is 0 Å². The molecule has 2 unspecified atom stereocenters. The van der Waals surface area contributed by atoms with Gasteiger partial charge in [-0.1, -0.05) is 45.4 Å². The minimum absolute atomic E-state index is 0.113. The first-order valence-electron chi connectivity index (χ1n) is 8.80. The quantitative estimate of drug-likeness (QED) is 0.901. The third kappa shape index (κ3) is 3.29. The van der Waals surface area contributed by atoms with Crippen molar-refractivity contribution in [2.24, 2.45) is 17.3 Å². The zero-order valence-corrected chi connectivity index (χ0v) is 14.5. The summed E-state index contributed by atoms with van der Waals surface area (Å²) in [6.07, 6.45) is 5.67. The highest BCUT2D eigenvalue weighted by molar-refractivity contribution is 5.80. The smallest absolute Gasteiger partial charge is 0.223 e. The van der Waals surface area contributed by atoms with Gasteiger partial charge in [-0.15, -0.1) is 0 Å². The van der Waals surface area contributed by atoms with Crippen LogP contribution in [0.25, 0.3) is 10.9 Å². The van der Waals surface area contributed by atoms with Gasteiger partial charge >= 0.3 is 0 Å². The molecule has 0 saturated heterocycles. The summed E-state index contributed by atoms with van der Waals surface area (Å²) in [5.74, 6) is 0.850. The van der Waals surface area contributed by atoms with Gasteiger partial charge in [-0.05, 0) is 41.7 Å². The summed E-state index contributed by atoms with van der Waals surface area (Å²) in [6.45, 7) is 8.22. The first kappa shape index (κ1) is 16.1. The van der Waals surface area contributed by atoms with Crippen molar-refractivity contribution < 1.29 is 4.79 Å². The highest BCUT2D eigenvalue weighted by Crippen LogP contribution is 2.43. The molecule has 0 radical (unpaired) electrons. The lowest BCUT2D eigenvalue weighted by Crippen LogP contribution is -2.45. The number of nitrogens with zero attached hydrogens (tertiary/aromatic N) is 1. The highest BCUT2D eigenvalue weighted by Gasteiger charge is 2.41. The molecule has 1 aromatic heterocycles. The molecule has 3 nitrogen and oxygen atoms in total. The number of fused-ring (bicyclic) bond motifs is 1. The van der Waals surface area contributed by atoms with Crippen LogP contribution in [0, 0.1) is 17.3 Å². The number of benzene rings is 1. The van der Waals surface area contributed by atoms with Gasteiger partial charge in [-0.25, -0.2) is 0 Å². The lowest BCUT2D eigenvalue weighted by Gasteiger charge is -2.41. The van der Waals surface area contributed by atoms with Crippen LogP contribution in [-0.2, 0) is 11.3 Å². The van der Waals surface area contributed by atoms with E-state index in [0.29, 0.717) is 12.5 Å². The molecule has 1 aromatic carbocycles. The summed E-state index contributed by atoms with van der Waals surface area (Å²) >= 11 is 0. The number of hydrogen-bond donors (Lipinski definition) is 1. The Morgan fingerprint density at radius 2 is 2.09 bits per heavy atom. The Bertz CT molecular complexity index is 686. The van der Waals surface area contributed by atoms with Gasteiger partial charge in [0.1, 0.15) is 0 Å². The summed E-state index contributed by atoms with van der Waals surface area (Å²) in [6, 6.07) is 10.5. The number of amides is 1. The number of rotatable bonds is 4. The normalized spacial score (nSPS) is 23.8. The average Bonchev–Trinajstić information content (AvgIpc) is 2.90. The lowest BCUT2D eigenvalue weighted by atomic mass is 9.64. The fraction of sp³-hybridized carbons (Fsp3) is 0.550. The minimum Gasteiger partial charge on any atom is -0.354 e. The van der Waals surface area contributed by atoms with Gasteiger partial charge in [-0.2, -0.15) is 0 Å². The van der Waals surface area contributed by atoms with E-state index in [1.165, 1.54) is 23.7 Å². The van der Waals surface area contributed by atoms with Crippen LogP contribution >= 0.6 is 0 Å². The van der Waals surface area contributed by atoms with Crippen LogP contribution in [0.4, 0.5) is 0 Å². The van der Waals surface area contributed by atoms with Crippen molar-refractivity contribution in [3.8, 4) is 0 Å². The van der Waals surface area contributed by atoms with Crippen molar-refractivity contribution in [2.45, 2.75) is 46.6 Å². The largest absolute Gasteiger partial charge is 0.354 e. The van der Waals surface area contributed by atoms with Gasteiger partial charge in [0.15, 0.2) is 0 Å². The Morgan fingerprint density at radius 1 is 1.30 bits per heavy atom. The minimum atomic E-state index is 0.113. The molecule has 23 heavy (non-hydrogen) atoms. The van der Waals surface area contributed by atoms with Gasteiger partial charge in [-0.3, -0.25) is 4.79 Å². The molecular formula is C20H28N2O. The monoisotopic (exact) mass is 312 g/mol. The number of carbonyl (C=O) groups excluding carboxylic acids is 1. The summed E-state index contributed by atoms with van der Waals surface area (Å²) in [5, 5.41) is 4.43. The fourth-order valence-corrected chi connectivity index (χ4v) is 4.33. The Hall–Kier alpha value is -1.77. The lowest BCUT2D eigenvalue weighted by molar-refractivity contribution is -0.132. The fourth-order valence-electron chi connectivity index (χ4n) is 4.33. The molecule has 124 valence electrons. The molecule has 3 heteroatoms. The van der Waals surface area contributed by atoms with E-state index in [0.717, 1.165) is 13.0 Å². The van der Waals surface area contributed by atoms with Crippen LogP contribution in [0.3, 0.4) is 0 Å². The van der Waals surface area contributed by atoms with E-state index in [2.05, 4.69) is 67.2 Å². The molecule has 1 aliphatic rings. The van der Waals surface area contributed by atoms with E-state index < -0.39 is 0 Å². The molecular weight excluding hydrogens is 284 g/mol. The van der Waals surface area contributed by atoms with Gasteiger partial charge in [0.2, 0.25) is 5.91 Å². The average molecular weight is 312 g/mol. The second kappa shape index (κ2) is 6.38. The van der Waals surface area contributed by atoms with E-state index in [-0.39, 0.29) is 17.2 Å². The summed E-state index contributed by atoms with van der Waals surface area (Å²) in [5.41, 5.74) is 1.34. The second-order valence-electron chi connectivity index (χ2n) is 7.69. The van der Waals surface area contributed by atoms with Crippen LogP contribution in [0.1, 0.15) is 40.0 Å². The molecule has 1 aliphatic carbocycles. The van der Waals surface area contributed by atoms with Gasteiger partial charge in [0.25, 0.3) is 0 Å². The first-order chi connectivity index (χ1) is 11.0. The van der Waals surface area contributed by atoms with E-state index in [1.54, 1.807) is 0 Å². The number of nitrogens with one attached hydrogen (secondary N) is 1. The maximum Gasteiger partial charge on any atom is 0.223 e. The number of aromatic nitrogens is 1. The van der Waals surface area contributed by atoms with Crippen LogP contribution < -0.4 is 5.32 Å². The molecule has 1 fully saturated rings. The van der Waals surface area contributed by atoms with Gasteiger partial charge < -0.3 is 9.88 Å². The zero-order valence-electron chi connectivity index (χ0n) is 14.5. The summed E-state index contributed by atoms with van der Waals surface area (Å²) in [4.78, 5) is 12.7. The summed E-state index contributed by atoms with van der Waals surface area (Å²) < 4.78 is 2.21. The first-order valence-corrected chi connectivity index (χ1v) is 8.80. The predicted octanol–water partition coefficient (Wildman–Crippen LogP) is 4.22. The van der Waals surface area contributed by atoms with Crippen LogP contribution in [0.2, 0.25) is 0 Å². The number of carbonyl (C=O) groups is 1. The molecule has 1 amide bonds. The molecule has 0 spiro atoms. The maximum absolute atomic E-state index is 12.7. The van der Waals surface area contributed by atoms with E-state index >= 15 is 0 Å². The maximum atomic E-state index is 12.7. The molecule has 2 atom stereocenters. The molecule has 0 aliphatic heterocycles. The van der Waals surface area contributed by atoms with Crippen LogP contribution in [0.5, 0.6) is 0 Å². The van der Waals surface area contributed by atoms with Crippen molar-refractivity contribution in [3.63, 3.8) is 0 Å². The Kier molecular flexibility index (Phi) is 4.47. The topological polar surface area (TPSA) is 34.0 Å².